The van der Waals surface area contributed by atoms with E-state index >= 15 is 0 Å². The molecule has 2 fully saturated rings. The van der Waals surface area contributed by atoms with E-state index in [1.54, 1.807) is 0 Å². The lowest BCUT2D eigenvalue weighted by molar-refractivity contribution is -0.0147. The quantitative estimate of drug-likeness (QED) is 0.813. The van der Waals surface area contributed by atoms with Gasteiger partial charge < -0.3 is 15.0 Å². The van der Waals surface area contributed by atoms with Gasteiger partial charge in [-0.1, -0.05) is 6.42 Å². The van der Waals surface area contributed by atoms with Crippen molar-refractivity contribution in [2.75, 3.05) is 26.7 Å². The first-order chi connectivity index (χ1) is 8.07. The first-order valence-electron chi connectivity index (χ1n) is 7.16. The fourth-order valence-corrected chi connectivity index (χ4v) is 3.03. The number of hydrogen-bond donors (Lipinski definition) is 1. The monoisotopic (exact) mass is 240 g/mol. The molecule has 0 radical (unpaired) electrons. The van der Waals surface area contributed by atoms with Crippen LogP contribution in [0.25, 0.3) is 0 Å². The van der Waals surface area contributed by atoms with E-state index < -0.39 is 0 Å². The first kappa shape index (κ1) is 13.3. The summed E-state index contributed by atoms with van der Waals surface area (Å²) < 4.78 is 5.99. The number of rotatable bonds is 4. The Kier molecular flexibility index (Phi) is 4.45. The van der Waals surface area contributed by atoms with Crippen molar-refractivity contribution < 1.29 is 4.74 Å². The second-order valence-electron chi connectivity index (χ2n) is 6.33. The Morgan fingerprint density at radius 2 is 2.06 bits per heavy atom. The summed E-state index contributed by atoms with van der Waals surface area (Å²) in [6, 6.07) is 0.734. The van der Waals surface area contributed by atoms with Gasteiger partial charge in [-0.05, 0) is 53.1 Å². The summed E-state index contributed by atoms with van der Waals surface area (Å²) in [6.45, 7) is 7.80. The minimum atomic E-state index is 0.105. The van der Waals surface area contributed by atoms with Gasteiger partial charge in [0.1, 0.15) is 0 Å². The molecule has 2 aliphatic rings. The Labute approximate surface area is 106 Å². The van der Waals surface area contributed by atoms with Gasteiger partial charge in [-0.3, -0.25) is 0 Å². The number of hydrogen-bond acceptors (Lipinski definition) is 3. The molecule has 0 spiro atoms. The largest absolute Gasteiger partial charge is 0.371 e. The van der Waals surface area contributed by atoms with Crippen molar-refractivity contribution >= 4 is 0 Å². The van der Waals surface area contributed by atoms with Crippen LogP contribution >= 0.6 is 0 Å². The summed E-state index contributed by atoms with van der Waals surface area (Å²) in [7, 11) is 2.25. The third-order valence-electron chi connectivity index (χ3n) is 4.23. The molecule has 2 saturated heterocycles. The fourth-order valence-electron chi connectivity index (χ4n) is 3.03. The molecule has 0 aliphatic carbocycles. The average molecular weight is 240 g/mol. The highest BCUT2D eigenvalue weighted by molar-refractivity contribution is 4.83. The van der Waals surface area contributed by atoms with Crippen LogP contribution in [0.15, 0.2) is 0 Å². The second kappa shape index (κ2) is 5.68. The molecular formula is C14H28N2O. The van der Waals surface area contributed by atoms with Crippen LogP contribution in [-0.4, -0.2) is 49.3 Å². The molecule has 0 amide bonds. The Morgan fingerprint density at radius 3 is 2.71 bits per heavy atom. The van der Waals surface area contributed by atoms with Crippen LogP contribution < -0.4 is 5.32 Å². The molecule has 1 N–H and O–H groups in total. The van der Waals surface area contributed by atoms with Crippen LogP contribution in [0.4, 0.5) is 0 Å². The molecule has 0 aromatic rings. The zero-order valence-electron chi connectivity index (χ0n) is 11.7. The summed E-state index contributed by atoms with van der Waals surface area (Å²) in [5, 5.41) is 3.60. The van der Waals surface area contributed by atoms with E-state index in [-0.39, 0.29) is 5.60 Å². The number of piperidine rings is 1. The lowest BCUT2D eigenvalue weighted by Gasteiger charge is -2.33. The maximum atomic E-state index is 5.99. The van der Waals surface area contributed by atoms with E-state index in [1.807, 2.05) is 0 Å². The van der Waals surface area contributed by atoms with E-state index in [4.69, 9.17) is 4.74 Å². The summed E-state index contributed by atoms with van der Waals surface area (Å²) in [4.78, 5) is 2.50. The van der Waals surface area contributed by atoms with Gasteiger partial charge in [-0.15, -0.1) is 0 Å². The van der Waals surface area contributed by atoms with Gasteiger partial charge in [0, 0.05) is 19.1 Å². The molecule has 2 rings (SSSR count). The molecular weight excluding hydrogens is 212 g/mol. The van der Waals surface area contributed by atoms with Gasteiger partial charge in [-0.25, -0.2) is 0 Å². The molecule has 2 unspecified atom stereocenters. The fraction of sp³-hybridized carbons (Fsp3) is 1.00. The summed E-state index contributed by atoms with van der Waals surface area (Å²) >= 11 is 0. The van der Waals surface area contributed by atoms with Gasteiger partial charge in [0.15, 0.2) is 0 Å². The summed E-state index contributed by atoms with van der Waals surface area (Å²) in [5.41, 5.74) is 0.105. The van der Waals surface area contributed by atoms with Crippen LogP contribution in [-0.2, 0) is 4.74 Å². The maximum Gasteiger partial charge on any atom is 0.0707 e. The minimum absolute atomic E-state index is 0.105. The maximum absolute atomic E-state index is 5.99. The van der Waals surface area contributed by atoms with Crippen molar-refractivity contribution in [3.8, 4) is 0 Å². The Bertz CT molecular complexity index is 242. The van der Waals surface area contributed by atoms with E-state index in [1.165, 1.54) is 38.6 Å². The summed E-state index contributed by atoms with van der Waals surface area (Å²) in [5.74, 6) is 0. The van der Waals surface area contributed by atoms with E-state index in [2.05, 4.69) is 31.1 Å². The smallest absolute Gasteiger partial charge is 0.0707 e. The van der Waals surface area contributed by atoms with Crippen molar-refractivity contribution in [3.05, 3.63) is 0 Å². The Morgan fingerprint density at radius 1 is 1.24 bits per heavy atom. The highest BCUT2D eigenvalue weighted by Crippen LogP contribution is 2.28. The predicted octanol–water partition coefficient (Wildman–Crippen LogP) is 2.02. The molecule has 2 atom stereocenters. The van der Waals surface area contributed by atoms with Crippen molar-refractivity contribution in [1.82, 2.24) is 10.2 Å². The first-order valence-corrected chi connectivity index (χ1v) is 7.16. The topological polar surface area (TPSA) is 24.5 Å². The van der Waals surface area contributed by atoms with Gasteiger partial charge in [0.2, 0.25) is 0 Å². The number of likely N-dealkylation sites (tertiary alicyclic amines) is 1. The van der Waals surface area contributed by atoms with Gasteiger partial charge in [0.05, 0.1) is 11.7 Å². The second-order valence-corrected chi connectivity index (χ2v) is 6.33. The van der Waals surface area contributed by atoms with E-state index in [0.717, 1.165) is 19.1 Å². The molecule has 2 heterocycles. The number of ether oxygens (including phenoxy) is 1. The Balaban J connectivity index is 1.63. The van der Waals surface area contributed by atoms with Crippen LogP contribution in [0, 0.1) is 0 Å². The number of nitrogens with zero attached hydrogens (tertiary/aromatic N) is 1. The molecule has 100 valence electrons. The zero-order valence-corrected chi connectivity index (χ0v) is 11.7. The Hall–Kier alpha value is -0.120. The molecule has 0 aromatic heterocycles. The van der Waals surface area contributed by atoms with Gasteiger partial charge in [0.25, 0.3) is 0 Å². The van der Waals surface area contributed by atoms with Crippen molar-refractivity contribution in [3.63, 3.8) is 0 Å². The lowest BCUT2D eigenvalue weighted by atomic mass is 10.0. The van der Waals surface area contributed by atoms with Gasteiger partial charge >= 0.3 is 0 Å². The highest BCUT2D eigenvalue weighted by atomic mass is 16.5. The van der Waals surface area contributed by atoms with Crippen molar-refractivity contribution in [1.29, 1.82) is 0 Å². The molecule has 17 heavy (non-hydrogen) atoms. The van der Waals surface area contributed by atoms with Crippen LogP contribution in [0.1, 0.15) is 46.0 Å². The van der Waals surface area contributed by atoms with Crippen molar-refractivity contribution in [2.24, 2.45) is 0 Å². The highest BCUT2D eigenvalue weighted by Gasteiger charge is 2.31. The SMILES string of the molecule is CN1CCCCC1CNCC1CCC(C)(C)O1. The summed E-state index contributed by atoms with van der Waals surface area (Å²) in [6.07, 6.45) is 6.94. The zero-order chi connectivity index (χ0) is 12.3. The third kappa shape index (κ3) is 3.94. The molecule has 2 aliphatic heterocycles. The van der Waals surface area contributed by atoms with Crippen molar-refractivity contribution in [2.45, 2.75) is 63.7 Å². The van der Waals surface area contributed by atoms with E-state index in [0.29, 0.717) is 6.10 Å². The standard InChI is InChI=1S/C14H28N2O/c1-14(2)8-7-13(17-14)11-15-10-12-6-4-5-9-16(12)3/h12-13,15H,4-11H2,1-3H3. The molecule has 0 saturated carbocycles. The normalized spacial score (nSPS) is 34.1. The molecule has 3 nitrogen and oxygen atoms in total. The van der Waals surface area contributed by atoms with Crippen LogP contribution in [0.5, 0.6) is 0 Å². The van der Waals surface area contributed by atoms with Gasteiger partial charge in [-0.2, -0.15) is 0 Å². The van der Waals surface area contributed by atoms with Crippen LogP contribution in [0.2, 0.25) is 0 Å². The predicted molar refractivity (Wildman–Crippen MR) is 71.3 cm³/mol. The lowest BCUT2D eigenvalue weighted by Crippen LogP contribution is -2.44. The third-order valence-corrected chi connectivity index (χ3v) is 4.23. The number of likely N-dealkylation sites (N-methyl/N-ethyl adjacent to an activating group) is 1. The van der Waals surface area contributed by atoms with Crippen LogP contribution in [0.3, 0.4) is 0 Å². The molecule has 0 bridgehead atoms. The average Bonchev–Trinajstić information content (AvgIpc) is 2.61. The molecule has 0 aromatic carbocycles. The van der Waals surface area contributed by atoms with E-state index in [9.17, 15) is 0 Å². The molecule has 3 heteroatoms. The number of nitrogens with one attached hydrogen (secondary N) is 1. The minimum Gasteiger partial charge on any atom is -0.371 e.